The van der Waals surface area contributed by atoms with Crippen molar-refractivity contribution in [2.24, 2.45) is 5.41 Å². The van der Waals surface area contributed by atoms with Crippen LogP contribution in [0.25, 0.3) is 0 Å². The number of carbonyl (C=O) groups excluding carboxylic acids is 1. The first-order valence-corrected chi connectivity index (χ1v) is 7.98. The summed E-state index contributed by atoms with van der Waals surface area (Å²) >= 11 is 0. The Morgan fingerprint density at radius 3 is 2.61 bits per heavy atom. The van der Waals surface area contributed by atoms with Crippen molar-refractivity contribution in [1.82, 2.24) is 20.0 Å². The number of hydrogen-bond donors (Lipinski definition) is 1. The van der Waals surface area contributed by atoms with Gasteiger partial charge in [-0.05, 0) is 37.2 Å². The molecule has 3 heterocycles. The van der Waals surface area contributed by atoms with Crippen LogP contribution in [-0.2, 0) is 0 Å². The zero-order valence-electron chi connectivity index (χ0n) is 12.8. The average Bonchev–Trinajstić information content (AvgIpc) is 3.09. The SMILES string of the molecule is O=C(c1ccno1)N1CCC2(CC1)CC(Nc1ncccn1)C2. The molecule has 2 fully saturated rings. The molecule has 4 rings (SSSR count). The molecule has 1 aliphatic carbocycles. The van der Waals surface area contributed by atoms with Crippen LogP contribution in [0.15, 0.2) is 35.2 Å². The Bertz CT molecular complexity index is 657. The highest BCUT2D eigenvalue weighted by Gasteiger charge is 2.46. The summed E-state index contributed by atoms with van der Waals surface area (Å²) in [4.78, 5) is 22.5. The second-order valence-corrected chi connectivity index (χ2v) is 6.49. The molecule has 2 aliphatic rings. The highest BCUT2D eigenvalue weighted by molar-refractivity contribution is 5.91. The fourth-order valence-corrected chi connectivity index (χ4v) is 3.72. The van der Waals surface area contributed by atoms with Crippen LogP contribution in [0.5, 0.6) is 0 Å². The summed E-state index contributed by atoms with van der Waals surface area (Å²) < 4.78 is 4.96. The number of aromatic nitrogens is 3. The molecule has 0 bridgehead atoms. The Hall–Kier alpha value is -2.44. The van der Waals surface area contributed by atoms with Gasteiger partial charge in [-0.1, -0.05) is 5.16 Å². The van der Waals surface area contributed by atoms with E-state index < -0.39 is 0 Å². The number of rotatable bonds is 3. The molecule has 0 radical (unpaired) electrons. The van der Waals surface area contributed by atoms with E-state index in [2.05, 4.69) is 20.4 Å². The van der Waals surface area contributed by atoms with E-state index in [1.807, 2.05) is 11.0 Å². The minimum Gasteiger partial charge on any atom is -0.351 e. The molecule has 1 spiro atoms. The third-order valence-electron chi connectivity index (χ3n) is 5.02. The normalized spacial score (nSPS) is 20.3. The van der Waals surface area contributed by atoms with E-state index in [4.69, 9.17) is 4.52 Å². The Kier molecular flexibility index (Phi) is 3.48. The smallest absolute Gasteiger partial charge is 0.292 e. The van der Waals surface area contributed by atoms with Crippen LogP contribution in [0.4, 0.5) is 5.95 Å². The van der Waals surface area contributed by atoms with E-state index in [9.17, 15) is 4.79 Å². The maximum absolute atomic E-state index is 12.2. The van der Waals surface area contributed by atoms with Crippen LogP contribution < -0.4 is 5.32 Å². The summed E-state index contributed by atoms with van der Waals surface area (Å²) in [7, 11) is 0. The Labute approximate surface area is 134 Å². The number of amides is 1. The van der Waals surface area contributed by atoms with Crippen molar-refractivity contribution >= 4 is 11.9 Å². The van der Waals surface area contributed by atoms with Crippen LogP contribution >= 0.6 is 0 Å². The molecule has 1 saturated carbocycles. The van der Waals surface area contributed by atoms with Crippen molar-refractivity contribution in [3.05, 3.63) is 36.5 Å². The fraction of sp³-hybridized carbons (Fsp3) is 0.500. The third-order valence-corrected chi connectivity index (χ3v) is 5.02. The molecule has 0 aromatic carbocycles. The molecule has 1 N–H and O–H groups in total. The van der Waals surface area contributed by atoms with Crippen LogP contribution in [0.1, 0.15) is 36.2 Å². The van der Waals surface area contributed by atoms with E-state index >= 15 is 0 Å². The summed E-state index contributed by atoms with van der Waals surface area (Å²) in [5.74, 6) is 0.977. The largest absolute Gasteiger partial charge is 0.351 e. The lowest BCUT2D eigenvalue weighted by Crippen LogP contribution is -2.52. The van der Waals surface area contributed by atoms with Crippen molar-refractivity contribution in [2.75, 3.05) is 18.4 Å². The van der Waals surface area contributed by atoms with E-state index in [1.165, 1.54) is 6.20 Å². The summed E-state index contributed by atoms with van der Waals surface area (Å²) in [5.41, 5.74) is 0.366. The molecule has 0 unspecified atom stereocenters. The lowest BCUT2D eigenvalue weighted by atomic mass is 9.60. The summed E-state index contributed by atoms with van der Waals surface area (Å²) in [6.45, 7) is 1.57. The first-order chi connectivity index (χ1) is 11.2. The van der Waals surface area contributed by atoms with Crippen LogP contribution in [0.3, 0.4) is 0 Å². The number of nitrogens with one attached hydrogen (secondary N) is 1. The first kappa shape index (κ1) is 14.2. The van der Waals surface area contributed by atoms with E-state index in [1.54, 1.807) is 18.5 Å². The van der Waals surface area contributed by atoms with Gasteiger partial charge in [0.1, 0.15) is 0 Å². The maximum atomic E-state index is 12.2. The molecule has 7 heteroatoms. The second kappa shape index (κ2) is 5.64. The minimum atomic E-state index is -0.0518. The number of anilines is 1. The van der Waals surface area contributed by atoms with Crippen molar-refractivity contribution in [1.29, 1.82) is 0 Å². The predicted molar refractivity (Wildman–Crippen MR) is 82.8 cm³/mol. The number of carbonyl (C=O) groups is 1. The van der Waals surface area contributed by atoms with Gasteiger partial charge in [-0.3, -0.25) is 4.79 Å². The fourth-order valence-electron chi connectivity index (χ4n) is 3.72. The predicted octanol–water partition coefficient (Wildman–Crippen LogP) is 1.96. The first-order valence-electron chi connectivity index (χ1n) is 7.98. The standard InChI is InChI=1S/C16H19N5O2/c22-14(13-2-7-19-23-13)21-8-3-16(4-9-21)10-12(11-16)20-15-17-5-1-6-18-15/h1-2,5-7,12H,3-4,8-11H2,(H,17,18,20). The molecule has 1 saturated heterocycles. The minimum absolute atomic E-state index is 0.0518. The highest BCUT2D eigenvalue weighted by atomic mass is 16.5. The second-order valence-electron chi connectivity index (χ2n) is 6.49. The molecule has 2 aromatic rings. The Balaban J connectivity index is 1.29. The Morgan fingerprint density at radius 2 is 1.96 bits per heavy atom. The third kappa shape index (κ3) is 2.78. The van der Waals surface area contributed by atoms with Crippen molar-refractivity contribution in [2.45, 2.75) is 31.7 Å². The number of hydrogen-bond acceptors (Lipinski definition) is 6. The molecule has 1 aliphatic heterocycles. The molecular weight excluding hydrogens is 294 g/mol. The molecular formula is C16H19N5O2. The van der Waals surface area contributed by atoms with Gasteiger partial charge >= 0.3 is 0 Å². The van der Waals surface area contributed by atoms with Crippen molar-refractivity contribution in [3.63, 3.8) is 0 Å². The summed E-state index contributed by atoms with van der Waals surface area (Å²) in [6, 6.07) is 3.87. The molecule has 0 atom stereocenters. The lowest BCUT2D eigenvalue weighted by molar-refractivity contribution is 0.0199. The van der Waals surface area contributed by atoms with Gasteiger partial charge < -0.3 is 14.7 Å². The van der Waals surface area contributed by atoms with Gasteiger partial charge in [-0.15, -0.1) is 0 Å². The van der Waals surface area contributed by atoms with Gasteiger partial charge in [-0.2, -0.15) is 0 Å². The van der Waals surface area contributed by atoms with Crippen molar-refractivity contribution in [3.8, 4) is 0 Å². The Morgan fingerprint density at radius 1 is 1.22 bits per heavy atom. The van der Waals surface area contributed by atoms with E-state index in [-0.39, 0.29) is 5.91 Å². The van der Waals surface area contributed by atoms with E-state index in [0.717, 1.165) is 38.8 Å². The molecule has 23 heavy (non-hydrogen) atoms. The maximum Gasteiger partial charge on any atom is 0.292 e. The van der Waals surface area contributed by atoms with Crippen LogP contribution in [0.2, 0.25) is 0 Å². The summed E-state index contributed by atoms with van der Waals surface area (Å²) in [6.07, 6.45) is 9.33. The number of likely N-dealkylation sites (tertiary alicyclic amines) is 1. The highest BCUT2D eigenvalue weighted by Crippen LogP contribution is 2.49. The molecule has 120 valence electrons. The topological polar surface area (TPSA) is 84.2 Å². The molecule has 1 amide bonds. The van der Waals surface area contributed by atoms with Gasteiger partial charge in [0.15, 0.2) is 0 Å². The monoisotopic (exact) mass is 313 g/mol. The average molecular weight is 313 g/mol. The van der Waals surface area contributed by atoms with Gasteiger partial charge in [0, 0.05) is 37.6 Å². The van der Waals surface area contributed by atoms with Crippen LogP contribution in [0, 0.1) is 5.41 Å². The molecule has 7 nitrogen and oxygen atoms in total. The van der Waals surface area contributed by atoms with E-state index in [0.29, 0.717) is 23.2 Å². The lowest BCUT2D eigenvalue weighted by Gasteiger charge is -2.52. The van der Waals surface area contributed by atoms with Crippen molar-refractivity contribution < 1.29 is 9.32 Å². The zero-order valence-corrected chi connectivity index (χ0v) is 12.8. The van der Waals surface area contributed by atoms with Crippen LogP contribution in [-0.4, -0.2) is 45.1 Å². The number of nitrogens with zero attached hydrogens (tertiary/aromatic N) is 4. The van der Waals surface area contributed by atoms with Gasteiger partial charge in [0.25, 0.3) is 5.91 Å². The quantitative estimate of drug-likeness (QED) is 0.932. The summed E-state index contributed by atoms with van der Waals surface area (Å²) in [5, 5.41) is 6.98. The number of piperidine rings is 1. The van der Waals surface area contributed by atoms with Gasteiger partial charge in [0.2, 0.25) is 11.7 Å². The van der Waals surface area contributed by atoms with Gasteiger partial charge in [0.05, 0.1) is 6.20 Å². The zero-order chi connectivity index (χ0) is 15.7. The van der Waals surface area contributed by atoms with Gasteiger partial charge in [-0.25, -0.2) is 9.97 Å². The molecule has 2 aromatic heterocycles.